The van der Waals surface area contributed by atoms with Gasteiger partial charge in [0.25, 0.3) is 0 Å². The number of aromatic nitrogens is 2. The van der Waals surface area contributed by atoms with Crippen LogP contribution in [-0.2, 0) is 13.1 Å². The van der Waals surface area contributed by atoms with Gasteiger partial charge in [-0.25, -0.2) is 0 Å². The summed E-state index contributed by atoms with van der Waals surface area (Å²) in [4.78, 5) is 21.2. The molecule has 1 saturated carbocycles. The fourth-order valence-electron chi connectivity index (χ4n) is 3.36. The Bertz CT molecular complexity index is 933. The molecular formula is C20H23N3O. The zero-order valence-corrected chi connectivity index (χ0v) is 14.2. The van der Waals surface area contributed by atoms with Crippen LogP contribution in [-0.4, -0.2) is 20.9 Å². The molecule has 0 aliphatic heterocycles. The predicted octanol–water partition coefficient (Wildman–Crippen LogP) is 3.64. The standard InChI is InChI=1S/C20H23N3O/c1-13-10-22-19(14(2)20(13)24)12-23(17-4-5-17)11-15-3-6-18-16(9-15)7-8-21-18/h3,6-10,17,21H,4-5,11-12H2,1-2H3,(H,22,24). The van der Waals surface area contributed by atoms with Crippen molar-refractivity contribution in [2.75, 3.05) is 0 Å². The van der Waals surface area contributed by atoms with Gasteiger partial charge in [-0.15, -0.1) is 0 Å². The molecule has 0 bridgehead atoms. The van der Waals surface area contributed by atoms with Gasteiger partial charge in [-0.1, -0.05) is 6.07 Å². The van der Waals surface area contributed by atoms with Crippen molar-refractivity contribution in [2.45, 2.75) is 45.8 Å². The summed E-state index contributed by atoms with van der Waals surface area (Å²) in [5.74, 6) is 0. The largest absolute Gasteiger partial charge is 0.363 e. The molecular weight excluding hydrogens is 298 g/mol. The zero-order valence-electron chi connectivity index (χ0n) is 14.2. The molecule has 1 aliphatic carbocycles. The van der Waals surface area contributed by atoms with Crippen LogP contribution in [0.2, 0.25) is 0 Å². The van der Waals surface area contributed by atoms with E-state index in [9.17, 15) is 4.79 Å². The van der Waals surface area contributed by atoms with Crippen molar-refractivity contribution >= 4 is 10.9 Å². The molecule has 1 aliphatic rings. The fraction of sp³-hybridized carbons (Fsp3) is 0.350. The van der Waals surface area contributed by atoms with E-state index >= 15 is 0 Å². The van der Waals surface area contributed by atoms with Crippen LogP contribution in [0.15, 0.2) is 41.5 Å². The smallest absolute Gasteiger partial charge is 0.187 e. The third-order valence-corrected chi connectivity index (χ3v) is 5.04. The molecule has 2 N–H and O–H groups in total. The van der Waals surface area contributed by atoms with Crippen LogP contribution in [0.25, 0.3) is 10.9 Å². The summed E-state index contributed by atoms with van der Waals surface area (Å²) in [7, 11) is 0. The van der Waals surface area contributed by atoms with Crippen LogP contribution >= 0.6 is 0 Å². The van der Waals surface area contributed by atoms with E-state index in [1.54, 1.807) is 0 Å². The minimum atomic E-state index is 0.160. The van der Waals surface area contributed by atoms with Crippen molar-refractivity contribution in [3.05, 3.63) is 69.3 Å². The highest BCUT2D eigenvalue weighted by molar-refractivity contribution is 5.79. The van der Waals surface area contributed by atoms with Crippen molar-refractivity contribution in [1.29, 1.82) is 0 Å². The van der Waals surface area contributed by atoms with Gasteiger partial charge in [0.1, 0.15) is 0 Å². The van der Waals surface area contributed by atoms with Gasteiger partial charge >= 0.3 is 0 Å². The second-order valence-corrected chi connectivity index (χ2v) is 6.94. The van der Waals surface area contributed by atoms with Gasteiger partial charge in [0.15, 0.2) is 5.43 Å². The molecule has 4 rings (SSSR count). The van der Waals surface area contributed by atoms with Crippen molar-refractivity contribution in [1.82, 2.24) is 14.9 Å². The Morgan fingerprint density at radius 3 is 2.75 bits per heavy atom. The first kappa shape index (κ1) is 15.2. The Labute approximate surface area is 141 Å². The Kier molecular flexibility index (Phi) is 3.77. The Balaban J connectivity index is 1.58. The van der Waals surface area contributed by atoms with E-state index in [-0.39, 0.29) is 5.43 Å². The first-order valence-electron chi connectivity index (χ1n) is 8.59. The zero-order chi connectivity index (χ0) is 16.7. The van der Waals surface area contributed by atoms with Gasteiger partial charge in [-0.2, -0.15) is 0 Å². The summed E-state index contributed by atoms with van der Waals surface area (Å²) in [6.07, 6.45) is 6.32. The predicted molar refractivity (Wildman–Crippen MR) is 97.1 cm³/mol. The van der Waals surface area contributed by atoms with Crippen molar-refractivity contribution < 1.29 is 0 Å². The molecule has 24 heavy (non-hydrogen) atoms. The summed E-state index contributed by atoms with van der Waals surface area (Å²) in [5, 5.41) is 1.25. The summed E-state index contributed by atoms with van der Waals surface area (Å²) >= 11 is 0. The second kappa shape index (κ2) is 5.95. The molecule has 0 atom stereocenters. The topological polar surface area (TPSA) is 51.9 Å². The van der Waals surface area contributed by atoms with Crippen LogP contribution in [0.1, 0.15) is 35.2 Å². The first-order chi connectivity index (χ1) is 11.6. The van der Waals surface area contributed by atoms with Crippen LogP contribution < -0.4 is 5.43 Å². The SMILES string of the molecule is Cc1c[nH]c(CN(Cc2ccc3[nH]ccc3c2)C2CC2)c(C)c1=O. The maximum Gasteiger partial charge on any atom is 0.187 e. The van der Waals surface area contributed by atoms with Crippen molar-refractivity contribution in [3.63, 3.8) is 0 Å². The second-order valence-electron chi connectivity index (χ2n) is 6.94. The van der Waals surface area contributed by atoms with Crippen LogP contribution in [0.3, 0.4) is 0 Å². The molecule has 0 radical (unpaired) electrons. The molecule has 0 saturated heterocycles. The van der Waals surface area contributed by atoms with Crippen molar-refractivity contribution in [3.8, 4) is 0 Å². The molecule has 4 nitrogen and oxygen atoms in total. The highest BCUT2D eigenvalue weighted by atomic mass is 16.1. The van der Waals surface area contributed by atoms with Gasteiger partial charge < -0.3 is 9.97 Å². The highest BCUT2D eigenvalue weighted by Gasteiger charge is 2.29. The van der Waals surface area contributed by atoms with Crippen LogP contribution in [0, 0.1) is 13.8 Å². The lowest BCUT2D eigenvalue weighted by Gasteiger charge is -2.23. The van der Waals surface area contributed by atoms with Gasteiger partial charge in [0, 0.05) is 53.9 Å². The first-order valence-corrected chi connectivity index (χ1v) is 8.59. The minimum Gasteiger partial charge on any atom is -0.363 e. The number of aromatic amines is 2. The molecule has 1 fully saturated rings. The van der Waals surface area contributed by atoms with E-state index in [2.05, 4.69) is 39.1 Å². The minimum absolute atomic E-state index is 0.160. The van der Waals surface area contributed by atoms with E-state index in [0.717, 1.165) is 29.9 Å². The van der Waals surface area contributed by atoms with E-state index in [1.165, 1.54) is 29.3 Å². The van der Waals surface area contributed by atoms with Crippen molar-refractivity contribution in [2.24, 2.45) is 0 Å². The van der Waals surface area contributed by atoms with E-state index in [0.29, 0.717) is 6.04 Å². The fourth-order valence-corrected chi connectivity index (χ4v) is 3.36. The highest BCUT2D eigenvalue weighted by Crippen LogP contribution is 2.30. The number of nitrogens with one attached hydrogen (secondary N) is 2. The number of rotatable bonds is 5. The molecule has 1 aromatic carbocycles. The lowest BCUT2D eigenvalue weighted by Crippen LogP contribution is -2.27. The lowest BCUT2D eigenvalue weighted by molar-refractivity contribution is 0.242. The number of benzene rings is 1. The van der Waals surface area contributed by atoms with Crippen LogP contribution in [0.5, 0.6) is 0 Å². The molecule has 4 heteroatoms. The number of nitrogens with zero attached hydrogens (tertiary/aromatic N) is 1. The average Bonchev–Trinajstić information content (AvgIpc) is 3.32. The van der Waals surface area contributed by atoms with Gasteiger partial charge in [0.2, 0.25) is 0 Å². The third kappa shape index (κ3) is 2.89. The van der Waals surface area contributed by atoms with Gasteiger partial charge in [-0.3, -0.25) is 9.69 Å². The number of hydrogen-bond donors (Lipinski definition) is 2. The summed E-state index contributed by atoms with van der Waals surface area (Å²) in [6.45, 7) is 5.51. The molecule has 0 amide bonds. The van der Waals surface area contributed by atoms with E-state index in [4.69, 9.17) is 0 Å². The molecule has 0 spiro atoms. The molecule has 124 valence electrons. The number of aryl methyl sites for hydroxylation is 1. The Hall–Kier alpha value is -2.33. The van der Waals surface area contributed by atoms with Gasteiger partial charge in [0.05, 0.1) is 0 Å². The summed E-state index contributed by atoms with van der Waals surface area (Å²) < 4.78 is 0. The maximum absolute atomic E-state index is 12.2. The molecule has 3 aromatic rings. The summed E-state index contributed by atoms with van der Waals surface area (Å²) in [6, 6.07) is 9.35. The van der Waals surface area contributed by atoms with Gasteiger partial charge in [-0.05, 0) is 55.8 Å². The van der Waals surface area contributed by atoms with Crippen LogP contribution in [0.4, 0.5) is 0 Å². The number of fused-ring (bicyclic) bond motifs is 1. The summed E-state index contributed by atoms with van der Waals surface area (Å²) in [5.41, 5.74) is 5.33. The number of H-pyrrole nitrogens is 2. The quantitative estimate of drug-likeness (QED) is 0.754. The third-order valence-electron chi connectivity index (χ3n) is 5.04. The molecule has 0 unspecified atom stereocenters. The molecule has 2 aromatic heterocycles. The number of pyridine rings is 1. The Morgan fingerprint density at radius 2 is 1.96 bits per heavy atom. The molecule has 2 heterocycles. The Morgan fingerprint density at radius 1 is 1.12 bits per heavy atom. The maximum atomic E-state index is 12.2. The number of hydrogen-bond acceptors (Lipinski definition) is 2. The average molecular weight is 321 g/mol. The monoisotopic (exact) mass is 321 g/mol. The van der Waals surface area contributed by atoms with E-state index < -0.39 is 0 Å². The lowest BCUT2D eigenvalue weighted by atomic mass is 10.1. The van der Waals surface area contributed by atoms with E-state index in [1.807, 2.05) is 26.2 Å². The normalized spacial score (nSPS) is 14.6.